The molecule has 0 bridgehead atoms. The average molecular weight is 432 g/mol. The molecule has 160 valence electrons. The van der Waals surface area contributed by atoms with Crippen LogP contribution < -0.4 is 10.6 Å². The zero-order valence-corrected chi connectivity index (χ0v) is 18.7. The summed E-state index contributed by atoms with van der Waals surface area (Å²) in [6.07, 6.45) is 2.20. The first-order valence-corrected chi connectivity index (χ1v) is 11.4. The van der Waals surface area contributed by atoms with E-state index in [1.54, 1.807) is 12.1 Å². The van der Waals surface area contributed by atoms with E-state index in [2.05, 4.69) is 31.4 Å². The molecule has 8 heteroatoms. The number of carbonyl (C=O) groups excluding carboxylic acids is 1. The van der Waals surface area contributed by atoms with Crippen LogP contribution in [0.15, 0.2) is 29.2 Å². The Hall–Kier alpha value is -1.15. The molecule has 2 N–H and O–H groups in total. The minimum atomic E-state index is -3.49. The molecule has 1 aliphatic heterocycles. The number of amides is 1. The summed E-state index contributed by atoms with van der Waals surface area (Å²) < 4.78 is 27.2. The fraction of sp³-hybridized carbons (Fsp3) is 0.650. The molecule has 28 heavy (non-hydrogen) atoms. The van der Waals surface area contributed by atoms with Gasteiger partial charge in [-0.15, -0.1) is 12.4 Å². The molecule has 0 spiro atoms. The molecule has 0 unspecified atom stereocenters. The van der Waals surface area contributed by atoms with Gasteiger partial charge in [-0.25, -0.2) is 8.42 Å². The minimum Gasteiger partial charge on any atom is -0.355 e. The summed E-state index contributed by atoms with van der Waals surface area (Å²) in [4.78, 5) is 12.6. The quantitative estimate of drug-likeness (QED) is 0.589. The number of halogens is 1. The van der Waals surface area contributed by atoms with Crippen LogP contribution in [0.25, 0.3) is 0 Å². The third-order valence-corrected chi connectivity index (χ3v) is 6.95. The zero-order valence-electron chi connectivity index (χ0n) is 17.1. The molecule has 1 fully saturated rings. The smallest absolute Gasteiger partial charge is 0.243 e. The molecule has 2 rings (SSSR count). The van der Waals surface area contributed by atoms with Crippen LogP contribution in [0.4, 0.5) is 0 Å². The largest absolute Gasteiger partial charge is 0.355 e. The molecule has 0 atom stereocenters. The Morgan fingerprint density at radius 1 is 1.11 bits per heavy atom. The van der Waals surface area contributed by atoms with Crippen LogP contribution in [0.1, 0.15) is 51.5 Å². The van der Waals surface area contributed by atoms with Gasteiger partial charge in [-0.1, -0.05) is 32.9 Å². The topological polar surface area (TPSA) is 78.5 Å². The SMILES string of the molecule is CCCNCCNC(=O)C1CCN(S(=O)(=O)c2ccc(C(C)C)cc2)CC1.Cl. The standard InChI is InChI=1S/C20H33N3O3S.ClH/c1-4-11-21-12-13-22-20(24)18-9-14-23(15-10-18)27(25,26)19-7-5-17(6-8-19)16(2)3;/h5-8,16,18,21H,4,9-15H2,1-3H3,(H,22,24);1H. The molecule has 1 aliphatic rings. The van der Waals surface area contributed by atoms with Crippen molar-refractivity contribution in [2.24, 2.45) is 5.92 Å². The lowest BCUT2D eigenvalue weighted by molar-refractivity contribution is -0.126. The molecular weight excluding hydrogens is 398 g/mol. The fourth-order valence-electron chi connectivity index (χ4n) is 3.25. The lowest BCUT2D eigenvalue weighted by atomic mass is 9.97. The number of sulfonamides is 1. The van der Waals surface area contributed by atoms with Gasteiger partial charge in [-0.2, -0.15) is 4.31 Å². The first-order chi connectivity index (χ1) is 12.9. The maximum Gasteiger partial charge on any atom is 0.243 e. The molecule has 0 aromatic heterocycles. The van der Waals surface area contributed by atoms with Gasteiger partial charge in [0.1, 0.15) is 0 Å². The number of hydrogen-bond acceptors (Lipinski definition) is 4. The first kappa shape index (κ1) is 24.9. The molecule has 1 aromatic carbocycles. The second-order valence-electron chi connectivity index (χ2n) is 7.44. The Morgan fingerprint density at radius 3 is 2.25 bits per heavy atom. The van der Waals surface area contributed by atoms with Gasteiger partial charge in [-0.05, 0) is 49.4 Å². The third kappa shape index (κ3) is 6.72. The van der Waals surface area contributed by atoms with Crippen LogP contribution in [0.2, 0.25) is 0 Å². The average Bonchev–Trinajstić information content (AvgIpc) is 2.67. The van der Waals surface area contributed by atoms with Crippen molar-refractivity contribution < 1.29 is 13.2 Å². The van der Waals surface area contributed by atoms with E-state index in [-0.39, 0.29) is 24.2 Å². The van der Waals surface area contributed by atoms with Crippen molar-refractivity contribution in [1.82, 2.24) is 14.9 Å². The summed E-state index contributed by atoms with van der Waals surface area (Å²) in [6.45, 7) is 9.37. The van der Waals surface area contributed by atoms with Crippen LogP contribution in [0.5, 0.6) is 0 Å². The maximum atomic E-state index is 12.8. The van der Waals surface area contributed by atoms with Gasteiger partial charge in [0.05, 0.1) is 4.90 Å². The number of nitrogens with one attached hydrogen (secondary N) is 2. The van der Waals surface area contributed by atoms with E-state index < -0.39 is 10.0 Å². The zero-order chi connectivity index (χ0) is 19.9. The van der Waals surface area contributed by atoms with Crippen molar-refractivity contribution in [3.8, 4) is 0 Å². The molecule has 0 radical (unpaired) electrons. The molecular formula is C20H34ClN3O3S. The van der Waals surface area contributed by atoms with Crippen molar-refractivity contribution in [3.05, 3.63) is 29.8 Å². The number of carbonyl (C=O) groups is 1. The van der Waals surface area contributed by atoms with Gasteiger partial charge < -0.3 is 10.6 Å². The Bertz CT molecular complexity index is 700. The van der Waals surface area contributed by atoms with Gasteiger partial charge >= 0.3 is 0 Å². The van der Waals surface area contributed by atoms with E-state index in [0.717, 1.165) is 25.1 Å². The Balaban J connectivity index is 0.00000392. The Kier molecular flexibility index (Phi) is 10.4. The maximum absolute atomic E-state index is 12.8. The lowest BCUT2D eigenvalue weighted by Gasteiger charge is -2.30. The predicted molar refractivity (Wildman–Crippen MR) is 115 cm³/mol. The molecule has 1 heterocycles. The van der Waals surface area contributed by atoms with E-state index in [1.165, 1.54) is 4.31 Å². The van der Waals surface area contributed by atoms with Crippen molar-refractivity contribution in [2.75, 3.05) is 32.7 Å². The lowest BCUT2D eigenvalue weighted by Crippen LogP contribution is -2.44. The van der Waals surface area contributed by atoms with Crippen LogP contribution >= 0.6 is 12.4 Å². The van der Waals surface area contributed by atoms with E-state index in [0.29, 0.717) is 43.3 Å². The highest BCUT2D eigenvalue weighted by molar-refractivity contribution is 7.89. The molecule has 6 nitrogen and oxygen atoms in total. The van der Waals surface area contributed by atoms with Gasteiger partial charge in [0.25, 0.3) is 0 Å². The second kappa shape index (κ2) is 11.8. The summed E-state index contributed by atoms with van der Waals surface area (Å²) in [6, 6.07) is 7.13. The monoisotopic (exact) mass is 431 g/mol. The molecule has 1 saturated heterocycles. The highest BCUT2D eigenvalue weighted by Gasteiger charge is 2.31. The summed E-state index contributed by atoms with van der Waals surface area (Å²) in [5.41, 5.74) is 1.12. The van der Waals surface area contributed by atoms with Crippen LogP contribution in [-0.2, 0) is 14.8 Å². The predicted octanol–water partition coefficient (Wildman–Crippen LogP) is 2.75. The van der Waals surface area contributed by atoms with Crippen LogP contribution in [0, 0.1) is 5.92 Å². The van der Waals surface area contributed by atoms with Crippen LogP contribution in [-0.4, -0.2) is 51.4 Å². The first-order valence-electron chi connectivity index (χ1n) is 9.94. The number of nitrogens with zero attached hydrogens (tertiary/aromatic N) is 1. The van der Waals surface area contributed by atoms with Crippen molar-refractivity contribution in [3.63, 3.8) is 0 Å². The Labute approximate surface area is 175 Å². The van der Waals surface area contributed by atoms with Gasteiger partial charge in [0, 0.05) is 32.1 Å². The van der Waals surface area contributed by atoms with Crippen LogP contribution in [0.3, 0.4) is 0 Å². The van der Waals surface area contributed by atoms with Crippen molar-refractivity contribution in [1.29, 1.82) is 0 Å². The highest BCUT2D eigenvalue weighted by Crippen LogP contribution is 2.25. The number of rotatable bonds is 9. The number of benzene rings is 1. The van der Waals surface area contributed by atoms with E-state index in [9.17, 15) is 13.2 Å². The van der Waals surface area contributed by atoms with Crippen molar-refractivity contribution in [2.45, 2.75) is 50.8 Å². The van der Waals surface area contributed by atoms with E-state index in [1.807, 2.05) is 12.1 Å². The normalized spacial score (nSPS) is 16.0. The molecule has 0 aliphatic carbocycles. The fourth-order valence-corrected chi connectivity index (χ4v) is 4.72. The third-order valence-electron chi connectivity index (χ3n) is 5.04. The Morgan fingerprint density at radius 2 is 1.71 bits per heavy atom. The summed E-state index contributed by atoms with van der Waals surface area (Å²) in [5, 5.41) is 6.19. The summed E-state index contributed by atoms with van der Waals surface area (Å²) in [7, 11) is -3.49. The van der Waals surface area contributed by atoms with Gasteiger partial charge in [0.15, 0.2) is 0 Å². The summed E-state index contributed by atoms with van der Waals surface area (Å²) in [5.74, 6) is 0.297. The van der Waals surface area contributed by atoms with Gasteiger partial charge in [-0.3, -0.25) is 4.79 Å². The number of piperidine rings is 1. The molecule has 0 saturated carbocycles. The highest BCUT2D eigenvalue weighted by atomic mass is 35.5. The van der Waals surface area contributed by atoms with Crippen molar-refractivity contribution >= 4 is 28.3 Å². The number of hydrogen-bond donors (Lipinski definition) is 2. The minimum absolute atomic E-state index is 0. The van der Waals surface area contributed by atoms with E-state index >= 15 is 0 Å². The summed E-state index contributed by atoms with van der Waals surface area (Å²) >= 11 is 0. The molecule has 1 aromatic rings. The second-order valence-corrected chi connectivity index (χ2v) is 9.38. The van der Waals surface area contributed by atoms with E-state index in [4.69, 9.17) is 0 Å². The van der Waals surface area contributed by atoms with Gasteiger partial charge in [0.2, 0.25) is 15.9 Å². The molecule has 1 amide bonds.